The van der Waals surface area contributed by atoms with Gasteiger partial charge in [-0.3, -0.25) is 0 Å². The van der Waals surface area contributed by atoms with Crippen molar-refractivity contribution >= 4 is 0 Å². The van der Waals surface area contributed by atoms with Gasteiger partial charge in [0.1, 0.15) is 0 Å². The maximum Gasteiger partial charge on any atom is 0.226 e. The minimum atomic E-state index is -2.80. The van der Waals surface area contributed by atoms with E-state index in [1.807, 2.05) is 13.8 Å². The standard InChI is InChI=1S/C27H44O6/c1-16(2)7-6-8-18(4)23-25(5)14-13-22(29)21(24(25)27(32,33)26(23,30)31)12-10-19-15-20(28)11-9-17(19)3/h10,12,16,18,20,22-24,28-33H,3,6-9,11,13-15H2,1-2,4-5H3/b19-10+,21-12+/t18-,20+,22?,23-,24-,25-/m1/s1. The van der Waals surface area contributed by atoms with Gasteiger partial charge in [0.05, 0.1) is 12.2 Å². The predicted molar refractivity (Wildman–Crippen MR) is 128 cm³/mol. The van der Waals surface area contributed by atoms with E-state index in [4.69, 9.17) is 0 Å². The quantitative estimate of drug-likeness (QED) is 0.336. The molecule has 3 aliphatic carbocycles. The van der Waals surface area contributed by atoms with E-state index in [0.29, 0.717) is 43.6 Å². The molecule has 6 heteroatoms. The molecule has 0 radical (unpaired) electrons. The van der Waals surface area contributed by atoms with Crippen LogP contribution in [0.4, 0.5) is 0 Å². The van der Waals surface area contributed by atoms with Crippen LogP contribution in [0.5, 0.6) is 0 Å². The van der Waals surface area contributed by atoms with Crippen molar-refractivity contribution in [2.45, 2.75) is 103 Å². The Labute approximate surface area is 198 Å². The Morgan fingerprint density at radius 3 is 2.30 bits per heavy atom. The average Bonchev–Trinajstić information content (AvgIpc) is 2.82. The Morgan fingerprint density at radius 2 is 1.67 bits per heavy atom. The number of fused-ring (bicyclic) bond motifs is 1. The van der Waals surface area contributed by atoms with Crippen molar-refractivity contribution in [1.29, 1.82) is 0 Å². The number of hydrogen-bond acceptors (Lipinski definition) is 6. The summed E-state index contributed by atoms with van der Waals surface area (Å²) in [7, 11) is 0. The summed E-state index contributed by atoms with van der Waals surface area (Å²) in [5.41, 5.74) is 1.39. The summed E-state index contributed by atoms with van der Waals surface area (Å²) in [6, 6.07) is 0. The molecule has 6 N–H and O–H groups in total. The zero-order valence-electron chi connectivity index (χ0n) is 20.7. The molecule has 0 aromatic rings. The summed E-state index contributed by atoms with van der Waals surface area (Å²) >= 11 is 0. The second kappa shape index (κ2) is 9.56. The Kier molecular flexibility index (Phi) is 7.70. The van der Waals surface area contributed by atoms with Crippen molar-refractivity contribution in [2.24, 2.45) is 29.1 Å². The first kappa shape index (κ1) is 26.6. The first-order valence-electron chi connectivity index (χ1n) is 12.6. The second-order valence-corrected chi connectivity index (χ2v) is 11.6. The van der Waals surface area contributed by atoms with E-state index < -0.39 is 41.0 Å². The van der Waals surface area contributed by atoms with Gasteiger partial charge in [-0.05, 0) is 60.5 Å². The molecule has 3 rings (SSSR count). The Bertz CT molecular complexity index is 794. The van der Waals surface area contributed by atoms with Gasteiger partial charge in [-0.2, -0.15) is 0 Å². The molecule has 0 amide bonds. The van der Waals surface area contributed by atoms with Crippen LogP contribution in [0.25, 0.3) is 0 Å². The van der Waals surface area contributed by atoms with E-state index in [1.165, 1.54) is 0 Å². The van der Waals surface area contributed by atoms with E-state index in [2.05, 4.69) is 20.4 Å². The molecule has 3 saturated carbocycles. The third-order valence-electron chi connectivity index (χ3n) is 8.60. The number of aliphatic hydroxyl groups excluding tert-OH is 2. The fraction of sp³-hybridized carbons (Fsp3) is 0.778. The monoisotopic (exact) mass is 464 g/mol. The van der Waals surface area contributed by atoms with Gasteiger partial charge >= 0.3 is 0 Å². The van der Waals surface area contributed by atoms with Crippen LogP contribution in [-0.2, 0) is 0 Å². The molecule has 188 valence electrons. The summed E-state index contributed by atoms with van der Waals surface area (Å²) < 4.78 is 0. The van der Waals surface area contributed by atoms with Crippen LogP contribution in [0, 0.1) is 29.1 Å². The third kappa shape index (κ3) is 4.75. The van der Waals surface area contributed by atoms with Crippen LogP contribution in [0.2, 0.25) is 0 Å². The molecule has 0 aliphatic heterocycles. The zero-order chi connectivity index (χ0) is 24.8. The summed E-state index contributed by atoms with van der Waals surface area (Å²) in [5, 5.41) is 65.5. The SMILES string of the molecule is C=C1CC[C@H](O)C/C1=C\C=C1/C(O)CC[C@@]2(C)[C@@H]1C(O)(O)C(O)(O)[C@@H]2[C@H](C)CCCC(C)C. The third-order valence-corrected chi connectivity index (χ3v) is 8.60. The first-order valence-corrected chi connectivity index (χ1v) is 12.6. The van der Waals surface area contributed by atoms with Gasteiger partial charge in [0, 0.05) is 11.8 Å². The lowest BCUT2D eigenvalue weighted by Gasteiger charge is -2.46. The van der Waals surface area contributed by atoms with Crippen molar-refractivity contribution < 1.29 is 30.6 Å². The number of allylic oxidation sites excluding steroid dienone is 3. The van der Waals surface area contributed by atoms with E-state index in [-0.39, 0.29) is 5.92 Å². The van der Waals surface area contributed by atoms with Crippen LogP contribution in [-0.4, -0.2) is 54.4 Å². The minimum absolute atomic E-state index is 0.143. The van der Waals surface area contributed by atoms with Crippen LogP contribution in [0.1, 0.15) is 79.1 Å². The van der Waals surface area contributed by atoms with Crippen LogP contribution in [0.3, 0.4) is 0 Å². The van der Waals surface area contributed by atoms with Gasteiger partial charge in [0.2, 0.25) is 11.6 Å². The average molecular weight is 465 g/mol. The lowest BCUT2D eigenvalue weighted by atomic mass is 9.59. The van der Waals surface area contributed by atoms with Crippen LogP contribution in [0.15, 0.2) is 35.5 Å². The molecule has 6 atom stereocenters. The lowest BCUT2D eigenvalue weighted by Crippen LogP contribution is -2.57. The van der Waals surface area contributed by atoms with Crippen molar-refractivity contribution in [2.75, 3.05) is 0 Å². The summed E-state index contributed by atoms with van der Waals surface area (Å²) in [6.45, 7) is 12.2. The smallest absolute Gasteiger partial charge is 0.226 e. The summed E-state index contributed by atoms with van der Waals surface area (Å²) in [6.07, 6.45) is 7.53. The van der Waals surface area contributed by atoms with Crippen LogP contribution >= 0.6 is 0 Å². The van der Waals surface area contributed by atoms with Gasteiger partial charge in [-0.1, -0.05) is 71.3 Å². The summed E-state index contributed by atoms with van der Waals surface area (Å²) in [5.74, 6) is -6.88. The minimum Gasteiger partial charge on any atom is -0.393 e. The highest BCUT2D eigenvalue weighted by molar-refractivity contribution is 5.38. The first-order chi connectivity index (χ1) is 15.2. The van der Waals surface area contributed by atoms with E-state index in [0.717, 1.165) is 30.4 Å². The molecular weight excluding hydrogens is 420 g/mol. The fourth-order valence-corrected chi connectivity index (χ4v) is 6.91. The maximum atomic E-state index is 11.2. The van der Waals surface area contributed by atoms with Gasteiger partial charge in [-0.25, -0.2) is 0 Å². The molecule has 0 bridgehead atoms. The highest BCUT2D eigenvalue weighted by atomic mass is 16.6. The topological polar surface area (TPSA) is 121 Å². The molecule has 33 heavy (non-hydrogen) atoms. The molecule has 3 aliphatic rings. The maximum absolute atomic E-state index is 11.2. The van der Waals surface area contributed by atoms with Gasteiger partial charge in [0.25, 0.3) is 0 Å². The van der Waals surface area contributed by atoms with E-state index >= 15 is 0 Å². The van der Waals surface area contributed by atoms with E-state index in [1.54, 1.807) is 12.2 Å². The molecule has 0 spiro atoms. The molecule has 1 unspecified atom stereocenters. The molecule has 0 saturated heterocycles. The largest absolute Gasteiger partial charge is 0.393 e. The number of hydrogen-bond donors (Lipinski definition) is 6. The van der Waals surface area contributed by atoms with Crippen molar-refractivity contribution in [1.82, 2.24) is 0 Å². The van der Waals surface area contributed by atoms with Crippen molar-refractivity contribution in [3.05, 3.63) is 35.5 Å². The molecule has 0 aromatic carbocycles. The fourth-order valence-electron chi connectivity index (χ4n) is 6.91. The molecular formula is C27H44O6. The van der Waals surface area contributed by atoms with Crippen molar-refractivity contribution in [3.63, 3.8) is 0 Å². The van der Waals surface area contributed by atoms with Gasteiger partial charge in [0.15, 0.2) is 0 Å². The zero-order valence-corrected chi connectivity index (χ0v) is 20.7. The highest BCUT2D eigenvalue weighted by Crippen LogP contribution is 2.66. The number of rotatable bonds is 6. The molecule has 6 nitrogen and oxygen atoms in total. The second-order valence-electron chi connectivity index (χ2n) is 11.6. The molecule has 0 heterocycles. The highest BCUT2D eigenvalue weighted by Gasteiger charge is 2.75. The van der Waals surface area contributed by atoms with Crippen LogP contribution < -0.4 is 0 Å². The van der Waals surface area contributed by atoms with E-state index in [9.17, 15) is 30.6 Å². The normalized spacial score (nSPS) is 39.3. The Hall–Kier alpha value is -1.02. The lowest BCUT2D eigenvalue weighted by molar-refractivity contribution is -0.366. The summed E-state index contributed by atoms with van der Waals surface area (Å²) in [4.78, 5) is 0. The van der Waals surface area contributed by atoms with Gasteiger partial charge in [-0.15, -0.1) is 0 Å². The Balaban J connectivity index is 1.99. The predicted octanol–water partition coefficient (Wildman–Crippen LogP) is 3.17. The molecule has 0 aromatic heterocycles. The Morgan fingerprint density at radius 1 is 1.00 bits per heavy atom. The van der Waals surface area contributed by atoms with Gasteiger partial charge < -0.3 is 30.6 Å². The molecule has 3 fully saturated rings. The number of aliphatic hydroxyl groups is 6. The van der Waals surface area contributed by atoms with Crippen molar-refractivity contribution in [3.8, 4) is 0 Å².